The molecule has 3 nitrogen and oxygen atoms in total. The zero-order valence-corrected chi connectivity index (χ0v) is 10.5. The smallest absolute Gasteiger partial charge is 0.103 e. The van der Waals surface area contributed by atoms with Gasteiger partial charge in [0.15, 0.2) is 0 Å². The zero-order chi connectivity index (χ0) is 11.5. The van der Waals surface area contributed by atoms with Crippen LogP contribution in [0.1, 0.15) is 26.7 Å². The first-order chi connectivity index (χ1) is 6.95. The fourth-order valence-corrected chi connectivity index (χ4v) is 2.00. The molecule has 0 aromatic heterocycles. The van der Waals surface area contributed by atoms with E-state index in [0.717, 1.165) is 12.5 Å². The number of nitriles is 1. The van der Waals surface area contributed by atoms with E-state index < -0.39 is 0 Å². The molecule has 0 amide bonds. The van der Waals surface area contributed by atoms with E-state index in [1.165, 1.54) is 25.9 Å². The van der Waals surface area contributed by atoms with E-state index in [0.29, 0.717) is 0 Å². The third-order valence-corrected chi connectivity index (χ3v) is 3.59. The highest BCUT2D eigenvalue weighted by Gasteiger charge is 2.25. The molecule has 15 heavy (non-hydrogen) atoms. The summed E-state index contributed by atoms with van der Waals surface area (Å²) in [4.78, 5) is 4.55. The van der Waals surface area contributed by atoms with Gasteiger partial charge in [0.25, 0.3) is 0 Å². The summed E-state index contributed by atoms with van der Waals surface area (Å²) in [6.07, 6.45) is 2.53. The van der Waals surface area contributed by atoms with Gasteiger partial charge in [0, 0.05) is 6.54 Å². The Kier molecular flexibility index (Phi) is 4.12. The van der Waals surface area contributed by atoms with Crippen LogP contribution in [0.15, 0.2) is 0 Å². The van der Waals surface area contributed by atoms with Gasteiger partial charge in [0.1, 0.15) is 5.54 Å². The molecule has 0 bridgehead atoms. The van der Waals surface area contributed by atoms with Gasteiger partial charge in [-0.25, -0.2) is 0 Å². The van der Waals surface area contributed by atoms with E-state index in [2.05, 4.69) is 22.9 Å². The summed E-state index contributed by atoms with van der Waals surface area (Å²) in [5.74, 6) is 0.826. The van der Waals surface area contributed by atoms with Gasteiger partial charge in [-0.3, -0.25) is 4.90 Å². The third kappa shape index (κ3) is 3.48. The lowest BCUT2D eigenvalue weighted by Gasteiger charge is -2.29. The first kappa shape index (κ1) is 12.5. The minimum atomic E-state index is -0.329. The molecule has 1 fully saturated rings. The van der Waals surface area contributed by atoms with Crippen LogP contribution < -0.4 is 0 Å². The van der Waals surface area contributed by atoms with Crippen LogP contribution in [0.5, 0.6) is 0 Å². The van der Waals surface area contributed by atoms with Crippen molar-refractivity contribution in [3.63, 3.8) is 0 Å². The van der Waals surface area contributed by atoms with Crippen LogP contribution in [0, 0.1) is 17.2 Å². The van der Waals surface area contributed by atoms with Crippen molar-refractivity contribution < 1.29 is 0 Å². The van der Waals surface area contributed by atoms with Gasteiger partial charge in [0.2, 0.25) is 0 Å². The molecule has 0 saturated carbocycles. The Balaban J connectivity index is 2.29. The maximum absolute atomic E-state index is 9.00. The van der Waals surface area contributed by atoms with Crippen molar-refractivity contribution in [2.45, 2.75) is 32.2 Å². The second-order valence-corrected chi connectivity index (χ2v) is 5.30. The average Bonchev–Trinajstić information content (AvgIpc) is 2.60. The van der Waals surface area contributed by atoms with E-state index in [4.69, 9.17) is 5.26 Å². The van der Waals surface area contributed by atoms with Crippen LogP contribution in [0.3, 0.4) is 0 Å². The minimum Gasteiger partial charge on any atom is -0.306 e. The van der Waals surface area contributed by atoms with Crippen molar-refractivity contribution in [2.24, 2.45) is 5.92 Å². The second kappa shape index (κ2) is 4.96. The minimum absolute atomic E-state index is 0.329. The molecule has 1 rings (SSSR count). The molecule has 1 unspecified atom stereocenters. The Hall–Kier alpha value is -0.590. The summed E-state index contributed by atoms with van der Waals surface area (Å²) >= 11 is 0. The molecule has 1 aliphatic rings. The van der Waals surface area contributed by atoms with E-state index in [9.17, 15) is 0 Å². The highest BCUT2D eigenvalue weighted by atomic mass is 15.2. The number of hydrogen-bond donors (Lipinski definition) is 0. The fraction of sp³-hybridized carbons (Fsp3) is 0.917. The first-order valence-corrected chi connectivity index (χ1v) is 5.77. The molecule has 0 spiro atoms. The summed E-state index contributed by atoms with van der Waals surface area (Å²) < 4.78 is 0. The quantitative estimate of drug-likeness (QED) is 0.704. The molecular weight excluding hydrogens is 186 g/mol. The summed E-state index contributed by atoms with van der Waals surface area (Å²) in [7, 11) is 4.23. The molecule has 1 heterocycles. The molecule has 3 heteroatoms. The molecule has 0 aromatic carbocycles. The Morgan fingerprint density at radius 2 is 2.20 bits per heavy atom. The normalized spacial score (nSPS) is 23.3. The maximum atomic E-state index is 9.00. The molecule has 86 valence electrons. The Morgan fingerprint density at radius 3 is 2.67 bits per heavy atom. The topological polar surface area (TPSA) is 30.3 Å². The van der Waals surface area contributed by atoms with Gasteiger partial charge in [-0.1, -0.05) is 0 Å². The van der Waals surface area contributed by atoms with Crippen molar-refractivity contribution >= 4 is 0 Å². The number of likely N-dealkylation sites (tertiary alicyclic amines) is 1. The van der Waals surface area contributed by atoms with E-state index in [1.54, 1.807) is 0 Å². The monoisotopic (exact) mass is 209 g/mol. The summed E-state index contributed by atoms with van der Waals surface area (Å²) in [5.41, 5.74) is -0.329. The maximum Gasteiger partial charge on any atom is 0.103 e. The van der Waals surface area contributed by atoms with Crippen molar-refractivity contribution in [1.29, 1.82) is 5.26 Å². The number of hydrogen-bond acceptors (Lipinski definition) is 3. The first-order valence-electron chi connectivity index (χ1n) is 5.77. The van der Waals surface area contributed by atoms with Crippen molar-refractivity contribution in [3.05, 3.63) is 0 Å². The Bertz CT molecular complexity index is 242. The third-order valence-electron chi connectivity index (χ3n) is 3.59. The standard InChI is InChI=1S/C12H23N3/c1-12(2,10-13)15(4)8-6-11-5-7-14(3)9-11/h11H,5-9H2,1-4H3. The number of rotatable bonds is 4. The van der Waals surface area contributed by atoms with Gasteiger partial charge in [-0.2, -0.15) is 5.26 Å². The zero-order valence-electron chi connectivity index (χ0n) is 10.5. The predicted octanol–water partition coefficient (Wildman–Crippen LogP) is 1.56. The lowest BCUT2D eigenvalue weighted by atomic mass is 10.0. The van der Waals surface area contributed by atoms with E-state index in [-0.39, 0.29) is 5.54 Å². The Morgan fingerprint density at radius 1 is 1.53 bits per heavy atom. The largest absolute Gasteiger partial charge is 0.306 e. The van der Waals surface area contributed by atoms with E-state index in [1.807, 2.05) is 20.9 Å². The summed E-state index contributed by atoms with van der Waals surface area (Å²) in [5, 5.41) is 9.00. The van der Waals surface area contributed by atoms with Gasteiger partial charge in [-0.05, 0) is 59.8 Å². The lowest BCUT2D eigenvalue weighted by Crippen LogP contribution is -2.40. The van der Waals surface area contributed by atoms with Gasteiger partial charge in [-0.15, -0.1) is 0 Å². The van der Waals surface area contributed by atoms with Crippen LogP contribution in [0.4, 0.5) is 0 Å². The molecule has 1 aliphatic heterocycles. The number of nitrogens with zero attached hydrogens (tertiary/aromatic N) is 3. The lowest BCUT2D eigenvalue weighted by molar-refractivity contribution is 0.196. The summed E-state index contributed by atoms with van der Waals surface area (Å²) in [6, 6.07) is 2.34. The SMILES string of the molecule is CN1CCC(CCN(C)C(C)(C)C#N)C1. The molecule has 0 aliphatic carbocycles. The molecular formula is C12H23N3. The Labute approximate surface area is 93.7 Å². The van der Waals surface area contributed by atoms with Gasteiger partial charge >= 0.3 is 0 Å². The molecule has 1 saturated heterocycles. The predicted molar refractivity (Wildman–Crippen MR) is 62.5 cm³/mol. The molecule has 0 N–H and O–H groups in total. The highest BCUT2D eigenvalue weighted by Crippen LogP contribution is 2.20. The van der Waals surface area contributed by atoms with Crippen molar-refractivity contribution in [2.75, 3.05) is 33.7 Å². The van der Waals surface area contributed by atoms with Crippen molar-refractivity contribution in [3.8, 4) is 6.07 Å². The van der Waals surface area contributed by atoms with Crippen LogP contribution in [-0.2, 0) is 0 Å². The fourth-order valence-electron chi connectivity index (χ4n) is 2.00. The van der Waals surface area contributed by atoms with Gasteiger partial charge < -0.3 is 4.90 Å². The molecule has 1 atom stereocenters. The molecule has 0 radical (unpaired) electrons. The summed E-state index contributed by atoms with van der Waals surface area (Å²) in [6.45, 7) is 7.44. The van der Waals surface area contributed by atoms with Crippen molar-refractivity contribution in [1.82, 2.24) is 9.80 Å². The molecule has 0 aromatic rings. The van der Waals surface area contributed by atoms with Crippen LogP contribution >= 0.6 is 0 Å². The second-order valence-electron chi connectivity index (χ2n) is 5.30. The highest BCUT2D eigenvalue weighted by molar-refractivity contribution is 5.00. The van der Waals surface area contributed by atoms with E-state index >= 15 is 0 Å². The van der Waals surface area contributed by atoms with Crippen LogP contribution in [0.25, 0.3) is 0 Å². The average molecular weight is 209 g/mol. The van der Waals surface area contributed by atoms with Gasteiger partial charge in [0.05, 0.1) is 6.07 Å². The van der Waals surface area contributed by atoms with Crippen LogP contribution in [-0.4, -0.2) is 49.1 Å². The van der Waals surface area contributed by atoms with Crippen LogP contribution in [0.2, 0.25) is 0 Å².